The zero-order chi connectivity index (χ0) is 24.3. The lowest BCUT2D eigenvalue weighted by Gasteiger charge is -2.39. The number of rotatable bonds is 7. The van der Waals surface area contributed by atoms with Gasteiger partial charge in [0.05, 0.1) is 30.9 Å². The number of allylic oxidation sites excluding steroid dienone is 4. The van der Waals surface area contributed by atoms with Gasteiger partial charge in [0, 0.05) is 5.92 Å². The summed E-state index contributed by atoms with van der Waals surface area (Å²) in [6.07, 6.45) is 6.12. The van der Waals surface area contributed by atoms with Crippen LogP contribution in [-0.2, 0) is 15.7 Å². The Kier molecular flexibility index (Phi) is 7.41. The Morgan fingerprint density at radius 1 is 1.15 bits per heavy atom. The standard InChI is InChI=1S/C25H31F4NO3/c1-22(2)32-16-24(30,17-33-22)13-11-18-9-10-21(20(15-18)25(27,28)29)31-14-6-8-19-7-4-5-12-23(19,3)26/h4-5,7,9-13,15,19H,6,8,14,16-17,30H2,1-3H3/b13-11+/t19?,23-/m1/s1. The zero-order valence-electron chi connectivity index (χ0n) is 19.1. The van der Waals surface area contributed by atoms with Crippen molar-refractivity contribution in [2.45, 2.75) is 56.8 Å². The van der Waals surface area contributed by atoms with Crippen molar-refractivity contribution in [3.8, 4) is 5.75 Å². The Morgan fingerprint density at radius 2 is 1.85 bits per heavy atom. The van der Waals surface area contributed by atoms with E-state index in [9.17, 15) is 17.6 Å². The number of alkyl halides is 4. The minimum absolute atomic E-state index is 0.0543. The smallest absolute Gasteiger partial charge is 0.419 e. The minimum atomic E-state index is -4.59. The van der Waals surface area contributed by atoms with Crippen molar-refractivity contribution in [3.05, 3.63) is 59.7 Å². The molecule has 4 nitrogen and oxygen atoms in total. The van der Waals surface area contributed by atoms with Crippen molar-refractivity contribution in [2.24, 2.45) is 11.7 Å². The highest BCUT2D eigenvalue weighted by atomic mass is 19.4. The predicted octanol–water partition coefficient (Wildman–Crippen LogP) is 5.83. The highest BCUT2D eigenvalue weighted by Gasteiger charge is 2.36. The molecule has 0 aromatic heterocycles. The zero-order valence-corrected chi connectivity index (χ0v) is 19.1. The summed E-state index contributed by atoms with van der Waals surface area (Å²) in [5, 5.41) is 0. The molecule has 182 valence electrons. The van der Waals surface area contributed by atoms with Crippen LogP contribution in [0.5, 0.6) is 5.75 Å². The van der Waals surface area contributed by atoms with E-state index >= 15 is 0 Å². The maximum Gasteiger partial charge on any atom is 0.419 e. The van der Waals surface area contributed by atoms with Crippen LogP contribution in [0.2, 0.25) is 0 Å². The lowest BCUT2D eigenvalue weighted by Crippen LogP contribution is -2.55. The third-order valence-corrected chi connectivity index (χ3v) is 5.81. The van der Waals surface area contributed by atoms with Crippen molar-refractivity contribution in [2.75, 3.05) is 19.8 Å². The molecule has 1 aliphatic heterocycles. The molecule has 0 spiro atoms. The second-order valence-electron chi connectivity index (χ2n) is 9.29. The first-order valence-corrected chi connectivity index (χ1v) is 10.9. The second-order valence-corrected chi connectivity index (χ2v) is 9.29. The van der Waals surface area contributed by atoms with E-state index in [1.807, 2.05) is 0 Å². The van der Waals surface area contributed by atoms with Gasteiger partial charge in [0.25, 0.3) is 0 Å². The number of ether oxygens (including phenoxy) is 3. The fourth-order valence-electron chi connectivity index (χ4n) is 3.67. The molecule has 1 heterocycles. The van der Waals surface area contributed by atoms with Gasteiger partial charge < -0.3 is 19.9 Å². The summed E-state index contributed by atoms with van der Waals surface area (Å²) in [5.41, 5.74) is 3.28. The van der Waals surface area contributed by atoms with Gasteiger partial charge in [-0.15, -0.1) is 0 Å². The van der Waals surface area contributed by atoms with Crippen molar-refractivity contribution >= 4 is 6.08 Å². The van der Waals surface area contributed by atoms with Crippen LogP contribution in [-0.4, -0.2) is 36.8 Å². The summed E-state index contributed by atoms with van der Waals surface area (Å²) < 4.78 is 72.0. The highest BCUT2D eigenvalue weighted by Crippen LogP contribution is 2.38. The first-order chi connectivity index (χ1) is 15.3. The lowest BCUT2D eigenvalue weighted by molar-refractivity contribution is -0.260. The van der Waals surface area contributed by atoms with Crippen LogP contribution >= 0.6 is 0 Å². The van der Waals surface area contributed by atoms with Crippen molar-refractivity contribution in [3.63, 3.8) is 0 Å². The molecule has 2 N–H and O–H groups in total. The average molecular weight is 470 g/mol. The molecule has 0 saturated carbocycles. The molecule has 1 unspecified atom stereocenters. The first-order valence-electron chi connectivity index (χ1n) is 10.9. The normalized spacial score (nSPS) is 26.6. The predicted molar refractivity (Wildman–Crippen MR) is 119 cm³/mol. The van der Waals surface area contributed by atoms with E-state index in [0.717, 1.165) is 6.07 Å². The minimum Gasteiger partial charge on any atom is -0.493 e. The Hall–Kier alpha value is -2.16. The van der Waals surface area contributed by atoms with E-state index < -0.39 is 28.7 Å². The molecule has 3 rings (SSSR count). The van der Waals surface area contributed by atoms with Crippen LogP contribution in [0.25, 0.3) is 6.08 Å². The molecule has 33 heavy (non-hydrogen) atoms. The largest absolute Gasteiger partial charge is 0.493 e. The van der Waals surface area contributed by atoms with E-state index in [2.05, 4.69) is 0 Å². The number of hydrogen-bond acceptors (Lipinski definition) is 4. The highest BCUT2D eigenvalue weighted by molar-refractivity contribution is 5.55. The Balaban J connectivity index is 1.63. The van der Waals surface area contributed by atoms with Crippen LogP contribution < -0.4 is 10.5 Å². The van der Waals surface area contributed by atoms with Crippen LogP contribution in [0.3, 0.4) is 0 Å². The van der Waals surface area contributed by atoms with Crippen LogP contribution in [0.4, 0.5) is 17.6 Å². The molecule has 2 atom stereocenters. The number of nitrogens with two attached hydrogens (primary N) is 1. The lowest BCUT2D eigenvalue weighted by atomic mass is 9.84. The number of halogens is 4. The van der Waals surface area contributed by atoms with E-state index in [0.29, 0.717) is 18.4 Å². The van der Waals surface area contributed by atoms with Crippen molar-refractivity contribution < 1.29 is 31.8 Å². The van der Waals surface area contributed by atoms with Crippen LogP contribution in [0, 0.1) is 5.92 Å². The van der Waals surface area contributed by atoms with E-state index in [1.54, 1.807) is 38.2 Å². The molecule has 1 aromatic carbocycles. The maximum absolute atomic E-state index is 14.5. The summed E-state index contributed by atoms with van der Waals surface area (Å²) >= 11 is 0. The van der Waals surface area contributed by atoms with E-state index in [-0.39, 0.29) is 31.5 Å². The fraction of sp³-hybridized carbons (Fsp3) is 0.520. The second kappa shape index (κ2) is 9.60. The van der Waals surface area contributed by atoms with Gasteiger partial charge in [-0.1, -0.05) is 36.4 Å². The molecule has 2 aliphatic rings. The van der Waals surface area contributed by atoms with Gasteiger partial charge in [-0.05, 0) is 57.4 Å². The van der Waals surface area contributed by atoms with Gasteiger partial charge >= 0.3 is 6.18 Å². The summed E-state index contributed by atoms with van der Waals surface area (Å²) in [5.74, 6) is -1.33. The molecule has 1 fully saturated rings. The summed E-state index contributed by atoms with van der Waals surface area (Å²) in [6.45, 7) is 5.46. The van der Waals surface area contributed by atoms with Gasteiger partial charge in [-0.25, -0.2) is 4.39 Å². The maximum atomic E-state index is 14.5. The first kappa shape index (κ1) is 25.5. The third kappa shape index (κ3) is 6.91. The topological polar surface area (TPSA) is 53.7 Å². The van der Waals surface area contributed by atoms with Gasteiger partial charge in [0.15, 0.2) is 5.79 Å². The molecule has 1 saturated heterocycles. The van der Waals surface area contributed by atoms with Gasteiger partial charge in [-0.2, -0.15) is 13.2 Å². The molecular formula is C25H31F4NO3. The van der Waals surface area contributed by atoms with E-state index in [1.165, 1.54) is 31.2 Å². The molecule has 8 heteroatoms. The van der Waals surface area contributed by atoms with Gasteiger partial charge in [0.1, 0.15) is 11.4 Å². The SMILES string of the molecule is CC1(C)OCC(N)(/C=C/c2ccc(OCCCC3C=CC=C[C@@]3(C)F)c(C(F)(F)F)c2)CO1. The van der Waals surface area contributed by atoms with Crippen molar-refractivity contribution in [1.82, 2.24) is 0 Å². The Bertz CT molecular complexity index is 909. The summed E-state index contributed by atoms with van der Waals surface area (Å²) in [7, 11) is 0. The fourth-order valence-corrected chi connectivity index (χ4v) is 3.67. The molecule has 0 amide bonds. The molecule has 0 radical (unpaired) electrons. The Morgan fingerprint density at radius 3 is 2.48 bits per heavy atom. The summed E-state index contributed by atoms with van der Waals surface area (Å²) in [4.78, 5) is 0. The van der Waals surface area contributed by atoms with Crippen LogP contribution in [0.1, 0.15) is 44.7 Å². The number of benzene rings is 1. The average Bonchev–Trinajstić information content (AvgIpc) is 2.73. The molecule has 0 bridgehead atoms. The monoisotopic (exact) mass is 469 g/mol. The van der Waals surface area contributed by atoms with E-state index in [4.69, 9.17) is 19.9 Å². The third-order valence-electron chi connectivity index (χ3n) is 5.81. The Labute approximate surface area is 192 Å². The van der Waals surface area contributed by atoms with Gasteiger partial charge in [-0.3, -0.25) is 0 Å². The number of hydrogen-bond donors (Lipinski definition) is 1. The quantitative estimate of drug-likeness (QED) is 0.403. The van der Waals surface area contributed by atoms with Crippen LogP contribution in [0.15, 0.2) is 48.6 Å². The molecule has 1 aromatic rings. The molecular weight excluding hydrogens is 438 g/mol. The van der Waals surface area contributed by atoms with Crippen molar-refractivity contribution in [1.29, 1.82) is 0 Å². The summed E-state index contributed by atoms with van der Waals surface area (Å²) in [6, 6.07) is 3.86. The molecule has 1 aliphatic carbocycles. The van der Waals surface area contributed by atoms with Gasteiger partial charge in [0.2, 0.25) is 0 Å².